The summed E-state index contributed by atoms with van der Waals surface area (Å²) in [5.74, 6) is 1.66. The number of ether oxygens (including phenoxy) is 1. The van der Waals surface area contributed by atoms with Crippen LogP contribution >= 0.6 is 0 Å². The standard InChI is InChI=1S/C18H17NO4/c1-11-12(2)18(20)23-17-14(11)5-6-16-15(17)9-19(10-22-16)8-13-4-3-7-21-13/h3-7H,8-10H2,1-2H3. The zero-order chi connectivity index (χ0) is 16.0. The molecular formula is C18H17NO4. The van der Waals surface area contributed by atoms with E-state index in [1.54, 1.807) is 13.2 Å². The summed E-state index contributed by atoms with van der Waals surface area (Å²) in [6.45, 7) is 5.52. The molecule has 0 spiro atoms. The molecular weight excluding hydrogens is 294 g/mol. The van der Waals surface area contributed by atoms with Crippen molar-refractivity contribution < 1.29 is 13.6 Å². The van der Waals surface area contributed by atoms with E-state index in [2.05, 4.69) is 4.90 Å². The van der Waals surface area contributed by atoms with Crippen molar-refractivity contribution in [1.82, 2.24) is 4.90 Å². The van der Waals surface area contributed by atoms with Crippen molar-refractivity contribution in [3.05, 3.63) is 63.4 Å². The third-order valence-corrected chi connectivity index (χ3v) is 4.43. The molecule has 0 fully saturated rings. The first-order valence-electron chi connectivity index (χ1n) is 7.57. The molecule has 1 aliphatic rings. The van der Waals surface area contributed by atoms with Crippen LogP contribution in [0.25, 0.3) is 11.0 Å². The maximum Gasteiger partial charge on any atom is 0.339 e. The molecule has 0 saturated carbocycles. The lowest BCUT2D eigenvalue weighted by Crippen LogP contribution is -2.31. The van der Waals surface area contributed by atoms with Gasteiger partial charge in [0.15, 0.2) is 0 Å². The van der Waals surface area contributed by atoms with E-state index in [0.29, 0.717) is 31.0 Å². The SMILES string of the molecule is Cc1c(C)c2ccc3c(c2oc1=O)CN(Cc1ccco1)CO3. The predicted molar refractivity (Wildman–Crippen MR) is 85.4 cm³/mol. The zero-order valence-electron chi connectivity index (χ0n) is 13.1. The van der Waals surface area contributed by atoms with E-state index < -0.39 is 0 Å². The smallest absolute Gasteiger partial charge is 0.339 e. The third kappa shape index (κ3) is 2.33. The van der Waals surface area contributed by atoms with Gasteiger partial charge in [-0.2, -0.15) is 0 Å². The molecule has 0 radical (unpaired) electrons. The van der Waals surface area contributed by atoms with Crippen molar-refractivity contribution in [3.8, 4) is 5.75 Å². The van der Waals surface area contributed by atoms with Gasteiger partial charge in [-0.3, -0.25) is 4.90 Å². The van der Waals surface area contributed by atoms with Crippen molar-refractivity contribution in [2.24, 2.45) is 0 Å². The molecule has 1 aliphatic heterocycles. The summed E-state index contributed by atoms with van der Waals surface area (Å²) in [7, 11) is 0. The third-order valence-electron chi connectivity index (χ3n) is 4.43. The summed E-state index contributed by atoms with van der Waals surface area (Å²) in [5, 5.41) is 0.962. The maximum atomic E-state index is 12.0. The van der Waals surface area contributed by atoms with E-state index in [4.69, 9.17) is 13.6 Å². The fourth-order valence-electron chi connectivity index (χ4n) is 2.99. The topological polar surface area (TPSA) is 55.8 Å². The number of hydrogen-bond acceptors (Lipinski definition) is 5. The number of nitrogens with zero attached hydrogens (tertiary/aromatic N) is 1. The van der Waals surface area contributed by atoms with Crippen LogP contribution in [0.4, 0.5) is 0 Å². The summed E-state index contributed by atoms with van der Waals surface area (Å²) in [4.78, 5) is 14.1. The first kappa shape index (κ1) is 14.1. The van der Waals surface area contributed by atoms with Crippen LogP contribution in [-0.4, -0.2) is 11.6 Å². The Balaban J connectivity index is 1.78. The summed E-state index contributed by atoms with van der Waals surface area (Å²) in [6, 6.07) is 7.72. The second-order valence-electron chi connectivity index (χ2n) is 5.90. The molecule has 0 aliphatic carbocycles. The average Bonchev–Trinajstić information content (AvgIpc) is 3.05. The highest BCUT2D eigenvalue weighted by Gasteiger charge is 2.23. The van der Waals surface area contributed by atoms with Crippen LogP contribution in [0.15, 0.2) is 44.2 Å². The molecule has 0 bridgehead atoms. The molecule has 4 rings (SSSR count). The van der Waals surface area contributed by atoms with Gasteiger partial charge in [0, 0.05) is 17.5 Å². The average molecular weight is 311 g/mol. The van der Waals surface area contributed by atoms with Gasteiger partial charge in [0.2, 0.25) is 0 Å². The van der Waals surface area contributed by atoms with Crippen molar-refractivity contribution in [2.75, 3.05) is 6.73 Å². The fraction of sp³-hybridized carbons (Fsp3) is 0.278. The van der Waals surface area contributed by atoms with Crippen LogP contribution in [0.3, 0.4) is 0 Å². The molecule has 3 aromatic rings. The Morgan fingerprint density at radius 3 is 2.83 bits per heavy atom. The molecule has 23 heavy (non-hydrogen) atoms. The summed E-state index contributed by atoms with van der Waals surface area (Å²) in [5.41, 5.74) is 2.87. The van der Waals surface area contributed by atoms with Gasteiger partial charge in [-0.25, -0.2) is 4.79 Å². The molecule has 2 aromatic heterocycles. The monoisotopic (exact) mass is 311 g/mol. The van der Waals surface area contributed by atoms with Crippen LogP contribution < -0.4 is 10.4 Å². The summed E-state index contributed by atoms with van der Waals surface area (Å²) >= 11 is 0. The number of benzene rings is 1. The van der Waals surface area contributed by atoms with Gasteiger partial charge in [0.05, 0.1) is 18.4 Å². The molecule has 1 aromatic carbocycles. The van der Waals surface area contributed by atoms with Gasteiger partial charge in [-0.05, 0) is 43.7 Å². The second-order valence-corrected chi connectivity index (χ2v) is 5.90. The molecule has 5 nitrogen and oxygen atoms in total. The van der Waals surface area contributed by atoms with Gasteiger partial charge in [-0.15, -0.1) is 0 Å². The normalized spacial score (nSPS) is 14.7. The highest BCUT2D eigenvalue weighted by atomic mass is 16.5. The Labute approximate surface area is 133 Å². The fourth-order valence-corrected chi connectivity index (χ4v) is 2.99. The van der Waals surface area contributed by atoms with Crippen LogP contribution in [0, 0.1) is 13.8 Å². The molecule has 3 heterocycles. The van der Waals surface area contributed by atoms with Gasteiger partial charge in [0.1, 0.15) is 23.8 Å². The van der Waals surface area contributed by atoms with E-state index in [1.807, 2.05) is 31.2 Å². The minimum absolute atomic E-state index is 0.286. The Hall–Kier alpha value is -2.53. The minimum atomic E-state index is -0.286. The van der Waals surface area contributed by atoms with E-state index in [1.165, 1.54) is 0 Å². The van der Waals surface area contributed by atoms with Crippen molar-refractivity contribution >= 4 is 11.0 Å². The van der Waals surface area contributed by atoms with Crippen molar-refractivity contribution in [2.45, 2.75) is 26.9 Å². The first-order chi connectivity index (χ1) is 11.1. The predicted octanol–water partition coefficient (Wildman–Crippen LogP) is 3.35. The molecule has 0 unspecified atom stereocenters. The quantitative estimate of drug-likeness (QED) is 0.679. The second kappa shape index (κ2) is 5.28. The van der Waals surface area contributed by atoms with Crippen LogP contribution in [0.5, 0.6) is 5.75 Å². The van der Waals surface area contributed by atoms with Crippen molar-refractivity contribution in [1.29, 1.82) is 0 Å². The highest BCUT2D eigenvalue weighted by Crippen LogP contribution is 2.33. The lowest BCUT2D eigenvalue weighted by atomic mass is 10.0. The number of furan rings is 1. The number of rotatable bonds is 2. The Morgan fingerprint density at radius 1 is 1.17 bits per heavy atom. The maximum absolute atomic E-state index is 12.0. The van der Waals surface area contributed by atoms with E-state index in [0.717, 1.165) is 28.0 Å². The summed E-state index contributed by atoms with van der Waals surface area (Å²) < 4.78 is 16.8. The van der Waals surface area contributed by atoms with E-state index in [-0.39, 0.29) is 5.63 Å². The Bertz CT molecular complexity index is 924. The van der Waals surface area contributed by atoms with Gasteiger partial charge in [0.25, 0.3) is 0 Å². The largest absolute Gasteiger partial charge is 0.478 e. The van der Waals surface area contributed by atoms with Crippen LogP contribution in [0.1, 0.15) is 22.5 Å². The molecule has 0 atom stereocenters. The lowest BCUT2D eigenvalue weighted by molar-refractivity contribution is 0.0826. The zero-order valence-corrected chi connectivity index (χ0v) is 13.1. The van der Waals surface area contributed by atoms with Crippen molar-refractivity contribution in [3.63, 3.8) is 0 Å². The minimum Gasteiger partial charge on any atom is -0.478 e. The Kier molecular flexibility index (Phi) is 3.23. The number of aryl methyl sites for hydroxylation is 1. The molecule has 0 amide bonds. The van der Waals surface area contributed by atoms with Gasteiger partial charge < -0.3 is 13.6 Å². The number of fused-ring (bicyclic) bond motifs is 3. The molecule has 5 heteroatoms. The van der Waals surface area contributed by atoms with E-state index in [9.17, 15) is 4.79 Å². The van der Waals surface area contributed by atoms with Crippen LogP contribution in [0.2, 0.25) is 0 Å². The first-order valence-corrected chi connectivity index (χ1v) is 7.57. The van der Waals surface area contributed by atoms with E-state index >= 15 is 0 Å². The highest BCUT2D eigenvalue weighted by molar-refractivity contribution is 5.85. The van der Waals surface area contributed by atoms with Gasteiger partial charge in [-0.1, -0.05) is 0 Å². The number of hydrogen-bond donors (Lipinski definition) is 0. The Morgan fingerprint density at radius 2 is 2.04 bits per heavy atom. The molecule has 0 saturated heterocycles. The summed E-state index contributed by atoms with van der Waals surface area (Å²) in [6.07, 6.45) is 1.66. The van der Waals surface area contributed by atoms with Gasteiger partial charge >= 0.3 is 5.63 Å². The molecule has 0 N–H and O–H groups in total. The lowest BCUT2D eigenvalue weighted by Gasteiger charge is -2.28. The molecule has 118 valence electrons. The van der Waals surface area contributed by atoms with Crippen LogP contribution in [-0.2, 0) is 13.1 Å².